The van der Waals surface area contributed by atoms with Gasteiger partial charge in [0.05, 0.1) is 0 Å². The highest BCUT2D eigenvalue weighted by Gasteiger charge is 2.05. The van der Waals surface area contributed by atoms with Crippen LogP contribution < -0.4 is 11.3 Å². The van der Waals surface area contributed by atoms with Crippen LogP contribution in [0.2, 0.25) is 0 Å². The minimum absolute atomic E-state index is 0.0227. The minimum atomic E-state index is 0.0227. The summed E-state index contributed by atoms with van der Waals surface area (Å²) in [4.78, 5) is 16.3. The van der Waals surface area contributed by atoms with E-state index in [1.165, 1.54) is 6.07 Å². The first-order valence-corrected chi connectivity index (χ1v) is 7.36. The van der Waals surface area contributed by atoms with Gasteiger partial charge in [-0.1, -0.05) is 6.92 Å². The fourth-order valence-electron chi connectivity index (χ4n) is 2.18. The van der Waals surface area contributed by atoms with Crippen molar-refractivity contribution in [3.63, 3.8) is 0 Å². The van der Waals surface area contributed by atoms with E-state index in [-0.39, 0.29) is 5.56 Å². The molecule has 0 atom stereocenters. The Balaban J connectivity index is 2.43. The zero-order chi connectivity index (χ0) is 15.0. The van der Waals surface area contributed by atoms with Crippen molar-refractivity contribution in [3.05, 3.63) is 28.7 Å². The molecule has 0 fully saturated rings. The highest BCUT2D eigenvalue weighted by molar-refractivity contribution is 5.33. The fraction of sp³-hybridized carbons (Fsp3) is 0.667. The summed E-state index contributed by atoms with van der Waals surface area (Å²) < 4.78 is 1.70. The average Bonchev–Trinajstić information content (AvgIpc) is 2.40. The summed E-state index contributed by atoms with van der Waals surface area (Å²) in [6.07, 6.45) is 3.86. The highest BCUT2D eigenvalue weighted by Crippen LogP contribution is 1.99. The maximum absolute atomic E-state index is 11.7. The van der Waals surface area contributed by atoms with Gasteiger partial charge in [-0.2, -0.15) is 0 Å². The Labute approximate surface area is 122 Å². The van der Waals surface area contributed by atoms with Crippen molar-refractivity contribution in [1.82, 2.24) is 14.4 Å². The van der Waals surface area contributed by atoms with Crippen LogP contribution in [0.4, 0.5) is 5.69 Å². The first-order chi connectivity index (χ1) is 9.52. The number of anilines is 1. The van der Waals surface area contributed by atoms with Gasteiger partial charge in [0, 0.05) is 37.6 Å². The van der Waals surface area contributed by atoms with E-state index in [0.717, 1.165) is 45.6 Å². The molecule has 20 heavy (non-hydrogen) atoms. The molecule has 0 aliphatic carbocycles. The van der Waals surface area contributed by atoms with E-state index < -0.39 is 0 Å². The second kappa shape index (κ2) is 8.76. The van der Waals surface area contributed by atoms with Crippen LogP contribution in [0.5, 0.6) is 0 Å². The van der Waals surface area contributed by atoms with Gasteiger partial charge >= 0.3 is 0 Å². The molecule has 0 spiro atoms. The summed E-state index contributed by atoms with van der Waals surface area (Å²) >= 11 is 0. The lowest BCUT2D eigenvalue weighted by atomic mass is 10.3. The van der Waals surface area contributed by atoms with Crippen LogP contribution in [-0.4, -0.2) is 54.6 Å². The second-order valence-electron chi connectivity index (χ2n) is 5.49. The van der Waals surface area contributed by atoms with Gasteiger partial charge in [0.25, 0.3) is 5.56 Å². The van der Waals surface area contributed by atoms with Crippen LogP contribution >= 0.6 is 0 Å². The number of rotatable bonds is 9. The standard InChI is InChI=1S/C15H28N4O/c1-4-8-18(12-11-17(2)3)9-5-10-19-13-14(16)6-7-15(19)20/h6-7,13H,4-5,8-12,16H2,1-3H3. The Hall–Kier alpha value is -1.33. The van der Waals surface area contributed by atoms with Gasteiger partial charge < -0.3 is 20.1 Å². The van der Waals surface area contributed by atoms with Crippen molar-refractivity contribution in [2.45, 2.75) is 26.3 Å². The van der Waals surface area contributed by atoms with Gasteiger partial charge in [-0.15, -0.1) is 0 Å². The van der Waals surface area contributed by atoms with Crippen LogP contribution in [0.1, 0.15) is 19.8 Å². The van der Waals surface area contributed by atoms with Gasteiger partial charge in [0.1, 0.15) is 0 Å². The summed E-state index contributed by atoms with van der Waals surface area (Å²) in [7, 11) is 4.19. The SMILES string of the molecule is CCCN(CCCn1cc(N)ccc1=O)CCN(C)C. The molecule has 0 bridgehead atoms. The summed E-state index contributed by atoms with van der Waals surface area (Å²) in [5.74, 6) is 0. The Morgan fingerprint density at radius 3 is 2.55 bits per heavy atom. The number of nitrogens with zero attached hydrogens (tertiary/aromatic N) is 3. The fourth-order valence-corrected chi connectivity index (χ4v) is 2.18. The predicted molar refractivity (Wildman–Crippen MR) is 85.0 cm³/mol. The van der Waals surface area contributed by atoms with Gasteiger partial charge in [-0.25, -0.2) is 0 Å². The van der Waals surface area contributed by atoms with Crippen molar-refractivity contribution in [2.24, 2.45) is 0 Å². The van der Waals surface area contributed by atoms with Crippen molar-refractivity contribution in [2.75, 3.05) is 46.0 Å². The van der Waals surface area contributed by atoms with E-state index in [1.54, 1.807) is 16.8 Å². The molecule has 0 aliphatic heterocycles. The quantitative estimate of drug-likeness (QED) is 0.736. The molecule has 0 saturated carbocycles. The van der Waals surface area contributed by atoms with Gasteiger partial charge in [0.15, 0.2) is 0 Å². The summed E-state index contributed by atoms with van der Waals surface area (Å²) in [6.45, 7) is 7.20. The Kier molecular flexibility index (Phi) is 7.33. The molecule has 2 N–H and O–H groups in total. The lowest BCUT2D eigenvalue weighted by molar-refractivity contribution is 0.235. The Morgan fingerprint density at radius 2 is 1.90 bits per heavy atom. The number of hydrogen-bond donors (Lipinski definition) is 1. The van der Waals surface area contributed by atoms with Crippen molar-refractivity contribution in [1.29, 1.82) is 0 Å². The maximum Gasteiger partial charge on any atom is 0.250 e. The predicted octanol–water partition coefficient (Wildman–Crippen LogP) is 1.09. The smallest absolute Gasteiger partial charge is 0.250 e. The highest BCUT2D eigenvalue weighted by atomic mass is 16.1. The molecular weight excluding hydrogens is 252 g/mol. The van der Waals surface area contributed by atoms with Crippen molar-refractivity contribution in [3.8, 4) is 0 Å². The van der Waals surface area contributed by atoms with E-state index in [1.807, 2.05) is 0 Å². The number of hydrogen-bond acceptors (Lipinski definition) is 4. The molecule has 0 saturated heterocycles. The Morgan fingerprint density at radius 1 is 1.15 bits per heavy atom. The van der Waals surface area contributed by atoms with Crippen LogP contribution in [-0.2, 0) is 6.54 Å². The van der Waals surface area contributed by atoms with Crippen molar-refractivity contribution < 1.29 is 0 Å². The third-order valence-corrected chi connectivity index (χ3v) is 3.28. The Bertz CT molecular complexity index is 442. The first-order valence-electron chi connectivity index (χ1n) is 7.36. The summed E-state index contributed by atoms with van der Waals surface area (Å²) in [5, 5.41) is 0. The van der Waals surface area contributed by atoms with Gasteiger partial charge in [0.2, 0.25) is 0 Å². The van der Waals surface area contributed by atoms with Gasteiger partial charge in [-0.3, -0.25) is 4.79 Å². The number of nitrogens with two attached hydrogens (primary N) is 1. The lowest BCUT2D eigenvalue weighted by Gasteiger charge is -2.23. The molecule has 1 aromatic heterocycles. The molecule has 5 nitrogen and oxygen atoms in total. The lowest BCUT2D eigenvalue weighted by Crippen LogP contribution is -2.34. The number of likely N-dealkylation sites (N-methyl/N-ethyl adjacent to an activating group) is 1. The molecule has 0 amide bonds. The van der Waals surface area contributed by atoms with Crippen LogP contribution in [0.25, 0.3) is 0 Å². The molecule has 0 aliphatic rings. The molecular formula is C15H28N4O. The van der Waals surface area contributed by atoms with Crippen LogP contribution in [0.3, 0.4) is 0 Å². The molecule has 0 radical (unpaired) electrons. The molecule has 1 rings (SSSR count). The molecule has 114 valence electrons. The van der Waals surface area contributed by atoms with E-state index in [0.29, 0.717) is 5.69 Å². The number of nitrogen functional groups attached to an aromatic ring is 1. The molecule has 1 heterocycles. The van der Waals surface area contributed by atoms with E-state index in [9.17, 15) is 4.79 Å². The molecule has 1 aromatic rings. The van der Waals surface area contributed by atoms with E-state index in [2.05, 4.69) is 30.8 Å². The molecule has 0 aromatic carbocycles. The van der Waals surface area contributed by atoms with Crippen LogP contribution in [0.15, 0.2) is 23.1 Å². The zero-order valence-electron chi connectivity index (χ0n) is 13.0. The third kappa shape index (κ3) is 6.21. The number of aromatic nitrogens is 1. The topological polar surface area (TPSA) is 54.5 Å². The second-order valence-corrected chi connectivity index (χ2v) is 5.49. The zero-order valence-corrected chi connectivity index (χ0v) is 13.0. The van der Waals surface area contributed by atoms with Crippen LogP contribution in [0, 0.1) is 0 Å². The summed E-state index contributed by atoms with van der Waals surface area (Å²) in [6, 6.07) is 3.19. The number of pyridine rings is 1. The van der Waals surface area contributed by atoms with Crippen molar-refractivity contribution >= 4 is 5.69 Å². The average molecular weight is 280 g/mol. The maximum atomic E-state index is 11.7. The number of aryl methyl sites for hydroxylation is 1. The minimum Gasteiger partial charge on any atom is -0.398 e. The monoisotopic (exact) mass is 280 g/mol. The van der Waals surface area contributed by atoms with Gasteiger partial charge in [-0.05, 0) is 46.1 Å². The third-order valence-electron chi connectivity index (χ3n) is 3.28. The molecule has 0 unspecified atom stereocenters. The van der Waals surface area contributed by atoms with E-state index in [4.69, 9.17) is 5.73 Å². The summed E-state index contributed by atoms with van der Waals surface area (Å²) in [5.41, 5.74) is 6.38. The largest absolute Gasteiger partial charge is 0.398 e. The first kappa shape index (κ1) is 16.7. The molecule has 5 heteroatoms. The normalized spacial score (nSPS) is 11.4. The van der Waals surface area contributed by atoms with E-state index >= 15 is 0 Å².